The van der Waals surface area contributed by atoms with E-state index in [0.29, 0.717) is 16.3 Å². The lowest BCUT2D eigenvalue weighted by Gasteiger charge is -2.10. The summed E-state index contributed by atoms with van der Waals surface area (Å²) in [4.78, 5) is 16.0. The van der Waals surface area contributed by atoms with Crippen molar-refractivity contribution in [2.24, 2.45) is 0 Å². The molecule has 0 saturated carbocycles. The van der Waals surface area contributed by atoms with Crippen LogP contribution in [0, 0.1) is 0 Å². The van der Waals surface area contributed by atoms with Crippen molar-refractivity contribution in [1.29, 1.82) is 0 Å². The normalized spacial score (nSPS) is 9.89. The molecule has 0 unspecified atom stereocenters. The lowest BCUT2D eigenvalue weighted by atomic mass is 10.1. The van der Waals surface area contributed by atoms with Crippen molar-refractivity contribution in [1.82, 2.24) is 4.98 Å². The summed E-state index contributed by atoms with van der Waals surface area (Å²) < 4.78 is 0. The molecule has 1 amide bonds. The van der Waals surface area contributed by atoms with Crippen LogP contribution in [0.3, 0.4) is 0 Å². The molecule has 0 radical (unpaired) electrons. The largest absolute Gasteiger partial charge is 0.387 e. The summed E-state index contributed by atoms with van der Waals surface area (Å²) in [5.74, 6) is -0.227. The second-order valence-electron chi connectivity index (χ2n) is 3.64. The zero-order valence-electron chi connectivity index (χ0n) is 9.77. The molecule has 1 aromatic carbocycles. The average Bonchev–Trinajstić information content (AvgIpc) is 2.40. The zero-order chi connectivity index (χ0) is 13.0. The molecule has 0 bridgehead atoms. The minimum Gasteiger partial charge on any atom is -0.387 e. The van der Waals surface area contributed by atoms with E-state index in [2.05, 4.69) is 15.6 Å². The van der Waals surface area contributed by atoms with Gasteiger partial charge in [-0.15, -0.1) is 0 Å². The molecule has 92 valence electrons. The van der Waals surface area contributed by atoms with Crippen LogP contribution in [-0.2, 0) is 0 Å². The topological polar surface area (TPSA) is 54.0 Å². The van der Waals surface area contributed by atoms with Crippen LogP contribution in [0.25, 0.3) is 0 Å². The molecule has 0 fully saturated rings. The van der Waals surface area contributed by atoms with Crippen molar-refractivity contribution >= 4 is 28.9 Å². The third-order valence-corrected chi connectivity index (χ3v) is 2.65. The molecular weight excluding hydrogens is 250 g/mol. The van der Waals surface area contributed by atoms with E-state index in [1.807, 2.05) is 0 Å². The summed E-state index contributed by atoms with van der Waals surface area (Å²) >= 11 is 5.90. The zero-order valence-corrected chi connectivity index (χ0v) is 10.5. The molecule has 0 aliphatic rings. The lowest BCUT2D eigenvalue weighted by Crippen LogP contribution is -2.14. The molecule has 0 spiro atoms. The Hall–Kier alpha value is -2.07. The third kappa shape index (κ3) is 2.78. The Morgan fingerprint density at radius 3 is 2.83 bits per heavy atom. The van der Waals surface area contributed by atoms with E-state index in [4.69, 9.17) is 11.6 Å². The number of nitrogens with one attached hydrogen (secondary N) is 2. The highest BCUT2D eigenvalue weighted by molar-refractivity contribution is 6.31. The highest BCUT2D eigenvalue weighted by atomic mass is 35.5. The Labute approximate surface area is 110 Å². The Bertz CT molecular complexity index is 557. The molecule has 0 aliphatic heterocycles. The van der Waals surface area contributed by atoms with E-state index in [1.165, 1.54) is 0 Å². The summed E-state index contributed by atoms with van der Waals surface area (Å²) in [6, 6.07) is 8.65. The van der Waals surface area contributed by atoms with Crippen LogP contribution in [0.1, 0.15) is 10.4 Å². The summed E-state index contributed by atoms with van der Waals surface area (Å²) in [6.45, 7) is 0. The van der Waals surface area contributed by atoms with Gasteiger partial charge in [0.25, 0.3) is 5.91 Å². The van der Waals surface area contributed by atoms with Gasteiger partial charge < -0.3 is 10.6 Å². The van der Waals surface area contributed by atoms with Crippen molar-refractivity contribution in [2.45, 2.75) is 0 Å². The number of nitrogens with zero attached hydrogens (tertiary/aromatic N) is 1. The average molecular weight is 262 g/mol. The van der Waals surface area contributed by atoms with E-state index in [-0.39, 0.29) is 5.91 Å². The molecule has 0 saturated heterocycles. The van der Waals surface area contributed by atoms with E-state index in [1.54, 1.807) is 49.8 Å². The van der Waals surface area contributed by atoms with E-state index in [9.17, 15) is 4.79 Å². The Balaban J connectivity index is 2.26. The maximum Gasteiger partial charge on any atom is 0.257 e. The number of hydrogen-bond acceptors (Lipinski definition) is 3. The molecule has 0 atom stereocenters. The number of carbonyl (C=O) groups is 1. The quantitative estimate of drug-likeness (QED) is 0.893. The first-order valence-electron chi connectivity index (χ1n) is 5.39. The van der Waals surface area contributed by atoms with Gasteiger partial charge >= 0.3 is 0 Å². The Morgan fingerprint density at radius 2 is 2.17 bits per heavy atom. The second kappa shape index (κ2) is 5.51. The molecule has 2 N–H and O–H groups in total. The number of benzene rings is 1. The highest BCUT2D eigenvalue weighted by Gasteiger charge is 2.11. The summed E-state index contributed by atoms with van der Waals surface area (Å²) in [6.07, 6.45) is 3.23. The van der Waals surface area contributed by atoms with Gasteiger partial charge in [-0.3, -0.25) is 9.78 Å². The SMILES string of the molecule is CNc1ccc(Cl)cc1C(=O)Nc1cccnc1. The monoisotopic (exact) mass is 261 g/mol. The molecule has 1 heterocycles. The minimum absolute atomic E-state index is 0.227. The van der Waals surface area contributed by atoms with Gasteiger partial charge in [-0.25, -0.2) is 0 Å². The van der Waals surface area contributed by atoms with E-state index < -0.39 is 0 Å². The van der Waals surface area contributed by atoms with Gasteiger partial charge in [0.1, 0.15) is 0 Å². The van der Waals surface area contributed by atoms with Crippen molar-refractivity contribution in [3.63, 3.8) is 0 Å². The van der Waals surface area contributed by atoms with Gasteiger partial charge in [-0.05, 0) is 30.3 Å². The molecule has 0 aliphatic carbocycles. The lowest BCUT2D eigenvalue weighted by molar-refractivity contribution is 0.102. The van der Waals surface area contributed by atoms with E-state index in [0.717, 1.165) is 5.69 Å². The standard InChI is InChI=1S/C13H12ClN3O/c1-15-12-5-4-9(14)7-11(12)13(18)17-10-3-2-6-16-8-10/h2-8,15H,1H3,(H,17,18). The van der Waals surface area contributed by atoms with Gasteiger partial charge in [0.15, 0.2) is 0 Å². The highest BCUT2D eigenvalue weighted by Crippen LogP contribution is 2.21. The van der Waals surface area contributed by atoms with Crippen LogP contribution in [-0.4, -0.2) is 17.9 Å². The van der Waals surface area contributed by atoms with Gasteiger partial charge in [0, 0.05) is 24.0 Å². The van der Waals surface area contributed by atoms with Crippen molar-refractivity contribution < 1.29 is 4.79 Å². The van der Waals surface area contributed by atoms with Gasteiger partial charge in [0.05, 0.1) is 17.4 Å². The Kier molecular flexibility index (Phi) is 3.79. The molecular formula is C13H12ClN3O. The third-order valence-electron chi connectivity index (χ3n) is 2.41. The predicted molar refractivity (Wildman–Crippen MR) is 73.2 cm³/mol. The predicted octanol–water partition coefficient (Wildman–Crippen LogP) is 3.03. The molecule has 4 nitrogen and oxygen atoms in total. The maximum atomic E-state index is 12.1. The van der Waals surface area contributed by atoms with E-state index >= 15 is 0 Å². The summed E-state index contributed by atoms with van der Waals surface area (Å²) in [5, 5.41) is 6.23. The maximum absolute atomic E-state index is 12.1. The van der Waals surface area contributed by atoms with Crippen LogP contribution in [0.5, 0.6) is 0 Å². The first-order chi connectivity index (χ1) is 8.70. The Morgan fingerprint density at radius 1 is 1.33 bits per heavy atom. The van der Waals surface area contributed by atoms with Crippen LogP contribution < -0.4 is 10.6 Å². The summed E-state index contributed by atoms with van der Waals surface area (Å²) in [7, 11) is 1.75. The number of carbonyl (C=O) groups excluding carboxylic acids is 1. The smallest absolute Gasteiger partial charge is 0.257 e. The van der Waals surface area contributed by atoms with Crippen LogP contribution in [0.4, 0.5) is 11.4 Å². The van der Waals surface area contributed by atoms with Gasteiger partial charge in [-0.1, -0.05) is 11.6 Å². The molecule has 18 heavy (non-hydrogen) atoms. The number of anilines is 2. The number of amides is 1. The van der Waals surface area contributed by atoms with Crippen molar-refractivity contribution in [2.75, 3.05) is 17.7 Å². The number of hydrogen-bond donors (Lipinski definition) is 2. The second-order valence-corrected chi connectivity index (χ2v) is 4.07. The molecule has 1 aromatic heterocycles. The minimum atomic E-state index is -0.227. The number of aromatic nitrogens is 1. The molecule has 2 rings (SSSR count). The fourth-order valence-corrected chi connectivity index (χ4v) is 1.73. The van der Waals surface area contributed by atoms with Crippen molar-refractivity contribution in [3.8, 4) is 0 Å². The first-order valence-corrected chi connectivity index (χ1v) is 5.77. The van der Waals surface area contributed by atoms with Crippen molar-refractivity contribution in [3.05, 3.63) is 53.3 Å². The van der Waals surface area contributed by atoms with Crippen LogP contribution in [0.2, 0.25) is 5.02 Å². The number of rotatable bonds is 3. The van der Waals surface area contributed by atoms with Crippen LogP contribution in [0.15, 0.2) is 42.7 Å². The first kappa shape index (κ1) is 12.4. The summed E-state index contributed by atoms with van der Waals surface area (Å²) in [5.41, 5.74) is 1.86. The fraction of sp³-hybridized carbons (Fsp3) is 0.0769. The molecule has 2 aromatic rings. The van der Waals surface area contributed by atoms with Gasteiger partial charge in [0.2, 0.25) is 0 Å². The van der Waals surface area contributed by atoms with Crippen LogP contribution >= 0.6 is 11.6 Å². The molecule has 5 heteroatoms. The number of halogens is 1. The fourth-order valence-electron chi connectivity index (χ4n) is 1.56. The number of pyridine rings is 1. The van der Waals surface area contributed by atoms with Gasteiger partial charge in [-0.2, -0.15) is 0 Å².